The molecule has 1 aliphatic carbocycles. The molecule has 1 saturated heterocycles. The zero-order valence-corrected chi connectivity index (χ0v) is 12.0. The third-order valence-electron chi connectivity index (χ3n) is 4.53. The lowest BCUT2D eigenvalue weighted by Gasteiger charge is -2.26. The molecule has 0 radical (unpaired) electrons. The first-order valence-corrected chi connectivity index (χ1v) is 8.28. The molecular weight excluding hydrogens is 256 g/mol. The largest absolute Gasteiger partial charge is 0.338 e. The number of amides is 1. The summed E-state index contributed by atoms with van der Waals surface area (Å²) in [4.78, 5) is 19.5. The molecule has 19 heavy (non-hydrogen) atoms. The van der Waals surface area contributed by atoms with Crippen LogP contribution in [0.15, 0.2) is 6.07 Å². The Morgan fingerprint density at radius 2 is 1.95 bits per heavy atom. The van der Waals surface area contributed by atoms with Gasteiger partial charge in [0.2, 0.25) is 0 Å². The summed E-state index contributed by atoms with van der Waals surface area (Å²) < 4.78 is 0. The lowest BCUT2D eigenvalue weighted by atomic mass is 10.1. The minimum atomic E-state index is 0.275. The molecule has 0 aromatic carbocycles. The van der Waals surface area contributed by atoms with E-state index in [2.05, 4.69) is 11.0 Å². The fourth-order valence-electron chi connectivity index (χ4n) is 3.25. The second kappa shape index (κ2) is 4.60. The Labute approximate surface area is 118 Å². The van der Waals surface area contributed by atoms with E-state index in [4.69, 9.17) is 0 Å². The van der Waals surface area contributed by atoms with E-state index >= 15 is 0 Å². The number of rotatable bonds is 2. The summed E-state index contributed by atoms with van der Waals surface area (Å²) in [5.41, 5.74) is 1.41. The molecule has 4 heteroatoms. The topological polar surface area (TPSA) is 23.6 Å². The number of hydrogen-bond donors (Lipinski definition) is 0. The van der Waals surface area contributed by atoms with Crippen molar-refractivity contribution in [2.45, 2.75) is 51.2 Å². The van der Waals surface area contributed by atoms with Crippen LogP contribution >= 0.6 is 11.3 Å². The highest BCUT2D eigenvalue weighted by Crippen LogP contribution is 2.38. The van der Waals surface area contributed by atoms with Crippen LogP contribution in [-0.4, -0.2) is 34.8 Å². The van der Waals surface area contributed by atoms with Crippen LogP contribution in [0.1, 0.15) is 52.2 Å². The zero-order valence-electron chi connectivity index (χ0n) is 11.2. The molecule has 3 heterocycles. The molecule has 0 bridgehead atoms. The quantitative estimate of drug-likeness (QED) is 0.829. The van der Waals surface area contributed by atoms with E-state index < -0.39 is 0 Å². The standard InChI is InChI=1S/C15H20N2OS/c18-15(16-6-2-1-3-7-16)13-8-11-9-17(12-4-5-12)10-14(11)19-13/h8,12H,1-7,9-10H2. The third-order valence-corrected chi connectivity index (χ3v) is 5.68. The molecule has 0 spiro atoms. The highest BCUT2D eigenvalue weighted by atomic mass is 32.1. The van der Waals surface area contributed by atoms with Crippen molar-refractivity contribution >= 4 is 17.2 Å². The summed E-state index contributed by atoms with van der Waals surface area (Å²) >= 11 is 1.74. The van der Waals surface area contributed by atoms with Gasteiger partial charge < -0.3 is 4.90 Å². The molecule has 1 amide bonds. The van der Waals surface area contributed by atoms with Gasteiger partial charge in [-0.05, 0) is 43.7 Å². The van der Waals surface area contributed by atoms with Crippen molar-refractivity contribution in [1.29, 1.82) is 0 Å². The Morgan fingerprint density at radius 3 is 2.63 bits per heavy atom. The summed E-state index contributed by atoms with van der Waals surface area (Å²) in [5.74, 6) is 0.275. The van der Waals surface area contributed by atoms with Crippen molar-refractivity contribution < 1.29 is 4.79 Å². The molecular formula is C15H20N2OS. The Balaban J connectivity index is 1.48. The van der Waals surface area contributed by atoms with Gasteiger partial charge in [-0.2, -0.15) is 0 Å². The number of carbonyl (C=O) groups is 1. The molecule has 3 aliphatic rings. The van der Waals surface area contributed by atoms with E-state index in [0.717, 1.165) is 37.1 Å². The molecule has 1 aromatic rings. The fourth-order valence-corrected chi connectivity index (χ4v) is 4.42. The van der Waals surface area contributed by atoms with E-state index in [0.29, 0.717) is 0 Å². The van der Waals surface area contributed by atoms with Gasteiger partial charge in [-0.1, -0.05) is 0 Å². The molecule has 3 nitrogen and oxygen atoms in total. The number of nitrogens with zero attached hydrogens (tertiary/aromatic N) is 2. The van der Waals surface area contributed by atoms with Crippen LogP contribution in [0.3, 0.4) is 0 Å². The predicted molar refractivity (Wildman–Crippen MR) is 76.3 cm³/mol. The number of hydrogen-bond acceptors (Lipinski definition) is 3. The molecule has 0 atom stereocenters. The molecule has 0 N–H and O–H groups in total. The van der Waals surface area contributed by atoms with Gasteiger partial charge in [0.25, 0.3) is 5.91 Å². The average molecular weight is 276 g/mol. The second-order valence-corrected chi connectivity index (χ2v) is 7.18. The lowest BCUT2D eigenvalue weighted by Crippen LogP contribution is -2.35. The van der Waals surface area contributed by atoms with Gasteiger partial charge in [0.05, 0.1) is 4.88 Å². The van der Waals surface area contributed by atoms with Gasteiger partial charge in [-0.3, -0.25) is 9.69 Å². The number of piperidine rings is 1. The molecule has 1 aromatic heterocycles. The van der Waals surface area contributed by atoms with Crippen molar-refractivity contribution in [3.05, 3.63) is 21.4 Å². The molecule has 4 rings (SSSR count). The maximum absolute atomic E-state index is 12.5. The molecule has 2 fully saturated rings. The minimum absolute atomic E-state index is 0.275. The lowest BCUT2D eigenvalue weighted by molar-refractivity contribution is 0.0729. The fraction of sp³-hybridized carbons (Fsp3) is 0.667. The Kier molecular flexibility index (Phi) is 2.88. The minimum Gasteiger partial charge on any atom is -0.338 e. The van der Waals surface area contributed by atoms with Crippen molar-refractivity contribution in [2.24, 2.45) is 0 Å². The van der Waals surface area contributed by atoms with Crippen LogP contribution in [0, 0.1) is 0 Å². The van der Waals surface area contributed by atoms with E-state index in [-0.39, 0.29) is 5.91 Å². The molecule has 1 saturated carbocycles. The average Bonchev–Trinajstić information content (AvgIpc) is 3.10. The van der Waals surface area contributed by atoms with Gasteiger partial charge in [-0.15, -0.1) is 11.3 Å². The summed E-state index contributed by atoms with van der Waals surface area (Å²) in [5, 5.41) is 0. The summed E-state index contributed by atoms with van der Waals surface area (Å²) in [6, 6.07) is 3.00. The third kappa shape index (κ3) is 2.21. The number of fused-ring (bicyclic) bond motifs is 1. The van der Waals surface area contributed by atoms with Crippen LogP contribution in [0.2, 0.25) is 0 Å². The van der Waals surface area contributed by atoms with Gasteiger partial charge in [0.1, 0.15) is 0 Å². The monoisotopic (exact) mass is 276 g/mol. The van der Waals surface area contributed by atoms with Crippen molar-refractivity contribution in [3.8, 4) is 0 Å². The molecule has 102 valence electrons. The number of carbonyl (C=O) groups excluding carboxylic acids is 1. The van der Waals surface area contributed by atoms with Crippen LogP contribution in [0.4, 0.5) is 0 Å². The van der Waals surface area contributed by atoms with Crippen LogP contribution in [0.25, 0.3) is 0 Å². The van der Waals surface area contributed by atoms with Crippen molar-refractivity contribution in [2.75, 3.05) is 13.1 Å². The Bertz CT molecular complexity index is 477. The maximum atomic E-state index is 12.5. The SMILES string of the molecule is O=C(c1cc2c(s1)CN(C1CC1)C2)N1CCCCC1. The highest BCUT2D eigenvalue weighted by Gasteiger charge is 2.34. The van der Waals surface area contributed by atoms with Gasteiger partial charge >= 0.3 is 0 Å². The summed E-state index contributed by atoms with van der Waals surface area (Å²) in [6.07, 6.45) is 6.36. The molecule has 0 unspecified atom stereocenters. The first kappa shape index (κ1) is 11.9. The number of likely N-dealkylation sites (tertiary alicyclic amines) is 1. The first-order chi connectivity index (χ1) is 9.31. The predicted octanol–water partition coefficient (Wildman–Crippen LogP) is 2.85. The molecule has 2 aliphatic heterocycles. The second-order valence-electron chi connectivity index (χ2n) is 6.05. The van der Waals surface area contributed by atoms with Crippen molar-refractivity contribution in [3.63, 3.8) is 0 Å². The number of thiophene rings is 1. The van der Waals surface area contributed by atoms with E-state index in [9.17, 15) is 4.79 Å². The van der Waals surface area contributed by atoms with Crippen LogP contribution in [0.5, 0.6) is 0 Å². The van der Waals surface area contributed by atoms with E-state index in [1.165, 1.54) is 42.5 Å². The summed E-state index contributed by atoms with van der Waals surface area (Å²) in [6.45, 7) is 4.06. The van der Waals surface area contributed by atoms with E-state index in [1.807, 2.05) is 4.90 Å². The zero-order chi connectivity index (χ0) is 12.8. The van der Waals surface area contributed by atoms with E-state index in [1.54, 1.807) is 11.3 Å². The van der Waals surface area contributed by atoms with Crippen LogP contribution in [-0.2, 0) is 13.1 Å². The Morgan fingerprint density at radius 1 is 1.16 bits per heavy atom. The Hall–Kier alpha value is -0.870. The van der Waals surface area contributed by atoms with Gasteiger partial charge in [0.15, 0.2) is 0 Å². The normalized spacial score (nSPS) is 23.7. The maximum Gasteiger partial charge on any atom is 0.263 e. The van der Waals surface area contributed by atoms with Gasteiger partial charge in [0, 0.05) is 37.1 Å². The highest BCUT2D eigenvalue weighted by molar-refractivity contribution is 7.14. The summed E-state index contributed by atoms with van der Waals surface area (Å²) in [7, 11) is 0. The van der Waals surface area contributed by atoms with Crippen LogP contribution < -0.4 is 0 Å². The smallest absolute Gasteiger partial charge is 0.263 e. The van der Waals surface area contributed by atoms with Gasteiger partial charge in [-0.25, -0.2) is 0 Å². The first-order valence-electron chi connectivity index (χ1n) is 7.46. The van der Waals surface area contributed by atoms with Crippen molar-refractivity contribution in [1.82, 2.24) is 9.80 Å².